The first kappa shape index (κ1) is 32.9. The average Bonchev–Trinajstić information content (AvgIpc) is 3.58. The van der Waals surface area contributed by atoms with Crippen LogP contribution in [0.4, 0.5) is 0 Å². The van der Waals surface area contributed by atoms with Crippen LogP contribution in [0.1, 0.15) is 85.7 Å². The van der Waals surface area contributed by atoms with Gasteiger partial charge in [-0.05, 0) is 102 Å². The van der Waals surface area contributed by atoms with E-state index >= 15 is 0 Å². The number of pyridine rings is 2. The lowest BCUT2D eigenvalue weighted by Crippen LogP contribution is -3.00. The summed E-state index contributed by atoms with van der Waals surface area (Å²) in [5.74, 6) is 0. The third-order valence-electron chi connectivity index (χ3n) is 8.86. The van der Waals surface area contributed by atoms with E-state index in [-0.39, 0.29) is 34.0 Å². The molecule has 2 fully saturated rings. The fourth-order valence-electron chi connectivity index (χ4n) is 6.54. The van der Waals surface area contributed by atoms with Gasteiger partial charge < -0.3 is 34.0 Å². The highest BCUT2D eigenvalue weighted by Gasteiger charge is 2.25. The molecule has 1 aromatic carbocycles. The summed E-state index contributed by atoms with van der Waals surface area (Å²) in [6.07, 6.45) is 21.7. The quantitative estimate of drug-likeness (QED) is 0.197. The van der Waals surface area contributed by atoms with Crippen molar-refractivity contribution in [2.45, 2.75) is 89.4 Å². The predicted molar refractivity (Wildman–Crippen MR) is 155 cm³/mol. The van der Waals surface area contributed by atoms with Gasteiger partial charge in [0.2, 0.25) is 0 Å². The number of nitrogens with zero attached hydrogens (tertiary/aromatic N) is 4. The molecule has 0 bridgehead atoms. The number of aryl methyl sites for hydroxylation is 4. The molecule has 0 unspecified atom stereocenters. The van der Waals surface area contributed by atoms with Gasteiger partial charge in [0.15, 0.2) is 24.8 Å². The molecule has 218 valence electrons. The lowest BCUT2D eigenvalue weighted by Gasteiger charge is -2.18. The molecule has 0 saturated carbocycles. The molecule has 0 amide bonds. The van der Waals surface area contributed by atoms with Gasteiger partial charge >= 0.3 is 0 Å². The Morgan fingerprint density at radius 3 is 1.43 bits per heavy atom. The highest BCUT2D eigenvalue weighted by Crippen LogP contribution is 2.30. The van der Waals surface area contributed by atoms with Crippen molar-refractivity contribution in [3.05, 3.63) is 95.6 Å². The molecular weight excluding hydrogens is 624 g/mol. The highest BCUT2D eigenvalue weighted by molar-refractivity contribution is 5.22. The minimum atomic E-state index is 0. The van der Waals surface area contributed by atoms with Crippen molar-refractivity contribution in [1.82, 2.24) is 9.80 Å². The molecule has 4 nitrogen and oxygen atoms in total. The van der Waals surface area contributed by atoms with Gasteiger partial charge in [-0.3, -0.25) is 9.80 Å². The zero-order valence-corrected chi connectivity index (χ0v) is 27.7. The molecule has 0 N–H and O–H groups in total. The number of halogens is 2. The second-order valence-corrected chi connectivity index (χ2v) is 11.8. The Morgan fingerprint density at radius 1 is 0.625 bits per heavy atom. The molecule has 2 saturated heterocycles. The number of unbranched alkanes of at least 4 members (excludes halogenated alkanes) is 2. The van der Waals surface area contributed by atoms with Crippen LogP contribution < -0.4 is 43.1 Å². The molecule has 5 rings (SSSR count). The van der Waals surface area contributed by atoms with Crippen molar-refractivity contribution in [3.63, 3.8) is 0 Å². The van der Waals surface area contributed by atoms with Crippen molar-refractivity contribution >= 4 is 0 Å². The number of aromatic nitrogens is 2. The van der Waals surface area contributed by atoms with Gasteiger partial charge in [-0.1, -0.05) is 24.3 Å². The van der Waals surface area contributed by atoms with E-state index < -0.39 is 0 Å². The Balaban J connectivity index is 0.00000220. The van der Waals surface area contributed by atoms with Gasteiger partial charge in [0, 0.05) is 48.2 Å². The van der Waals surface area contributed by atoms with Crippen LogP contribution in [-0.4, -0.2) is 37.0 Å². The number of benzene rings is 1. The minimum absolute atomic E-state index is 0. The molecule has 4 heterocycles. The Kier molecular flexibility index (Phi) is 13.8. The topological polar surface area (TPSA) is 14.2 Å². The summed E-state index contributed by atoms with van der Waals surface area (Å²) in [7, 11) is 4.52. The van der Waals surface area contributed by atoms with Crippen LogP contribution in [0, 0.1) is 0 Å². The third-order valence-corrected chi connectivity index (χ3v) is 8.86. The fourth-order valence-corrected chi connectivity index (χ4v) is 6.54. The monoisotopic (exact) mass is 670 g/mol. The molecule has 0 aliphatic carbocycles. The standard InChI is InChI=1S/C34H48N4.2BrH/c1-35-21-9-15-33(35)31-13-7-25-37(27-31)23-5-3-11-29-17-19-30(20-18-29)12-4-6-24-38-26-8-14-32(28-38)34-16-10-22-36(34)2;;/h7-8,13-14,17-20,25-28,33-34H,3-6,9-12,15-16,21-24H2,1-2H3;2*1H/q+2;;/p-2/t33-,34-;;/m1../s1. The van der Waals surface area contributed by atoms with Crippen LogP contribution in [-0.2, 0) is 25.9 Å². The molecular formula is C34H48Br2N4. The molecule has 2 atom stereocenters. The number of hydrogen-bond acceptors (Lipinski definition) is 2. The van der Waals surface area contributed by atoms with Crippen LogP contribution in [0.3, 0.4) is 0 Å². The molecule has 40 heavy (non-hydrogen) atoms. The number of likely N-dealkylation sites (tertiary alicyclic amines) is 2. The van der Waals surface area contributed by atoms with Gasteiger partial charge in [-0.2, -0.15) is 0 Å². The first-order valence-corrected chi connectivity index (χ1v) is 15.1. The van der Waals surface area contributed by atoms with Crippen molar-refractivity contribution < 1.29 is 43.1 Å². The molecule has 0 radical (unpaired) electrons. The van der Waals surface area contributed by atoms with Crippen molar-refractivity contribution in [2.24, 2.45) is 0 Å². The number of hydrogen-bond donors (Lipinski definition) is 0. The molecule has 3 aromatic rings. The van der Waals surface area contributed by atoms with E-state index in [4.69, 9.17) is 0 Å². The van der Waals surface area contributed by atoms with Gasteiger partial charge in [-0.15, -0.1) is 0 Å². The number of rotatable bonds is 12. The maximum Gasteiger partial charge on any atom is 0.173 e. The van der Waals surface area contributed by atoms with E-state index in [0.717, 1.165) is 13.1 Å². The second kappa shape index (κ2) is 16.7. The van der Waals surface area contributed by atoms with Gasteiger partial charge in [0.25, 0.3) is 0 Å². The highest BCUT2D eigenvalue weighted by atomic mass is 79.9. The van der Waals surface area contributed by atoms with Crippen LogP contribution >= 0.6 is 0 Å². The smallest absolute Gasteiger partial charge is 0.173 e. The molecule has 6 heteroatoms. The summed E-state index contributed by atoms with van der Waals surface area (Å²) < 4.78 is 4.79. The van der Waals surface area contributed by atoms with Crippen molar-refractivity contribution in [1.29, 1.82) is 0 Å². The summed E-state index contributed by atoms with van der Waals surface area (Å²) in [5.41, 5.74) is 5.91. The zero-order chi connectivity index (χ0) is 26.2. The van der Waals surface area contributed by atoms with Crippen LogP contribution in [0.5, 0.6) is 0 Å². The summed E-state index contributed by atoms with van der Waals surface area (Å²) in [5, 5.41) is 0. The van der Waals surface area contributed by atoms with E-state index in [2.05, 4.69) is 106 Å². The SMILES string of the molecule is CN1CCC[C@@H]1c1ccc[n+](CCCCc2ccc(CCCC[n+]3cccc([C@H]4CCCN4C)c3)cc2)c1.[Br-].[Br-]. The Bertz CT molecular complexity index is 1060. The van der Waals surface area contributed by atoms with Gasteiger partial charge in [0.1, 0.15) is 13.1 Å². The van der Waals surface area contributed by atoms with E-state index in [1.807, 2.05) is 0 Å². The van der Waals surface area contributed by atoms with E-state index in [0.29, 0.717) is 12.1 Å². The van der Waals surface area contributed by atoms with Crippen LogP contribution in [0.2, 0.25) is 0 Å². The largest absolute Gasteiger partial charge is 1.00 e. The summed E-state index contributed by atoms with van der Waals surface area (Å²) in [4.78, 5) is 4.99. The molecule has 2 aliphatic heterocycles. The maximum atomic E-state index is 2.50. The first-order valence-electron chi connectivity index (χ1n) is 15.1. The lowest BCUT2D eigenvalue weighted by atomic mass is 10.0. The summed E-state index contributed by atoms with van der Waals surface area (Å²) in [6.45, 7) is 4.68. The molecule has 2 aromatic heterocycles. The first-order chi connectivity index (χ1) is 18.7. The predicted octanol–water partition coefficient (Wildman–Crippen LogP) is -0.151. The van der Waals surface area contributed by atoms with Gasteiger partial charge in [-0.25, -0.2) is 9.13 Å². The molecule has 0 spiro atoms. The van der Waals surface area contributed by atoms with E-state index in [1.54, 1.807) is 0 Å². The third kappa shape index (κ3) is 9.20. The zero-order valence-electron chi connectivity index (χ0n) is 24.5. The van der Waals surface area contributed by atoms with E-state index in [9.17, 15) is 0 Å². The van der Waals surface area contributed by atoms with Crippen LogP contribution in [0.15, 0.2) is 73.3 Å². The minimum Gasteiger partial charge on any atom is -1.00 e. The van der Waals surface area contributed by atoms with E-state index in [1.165, 1.54) is 99.6 Å². The van der Waals surface area contributed by atoms with Crippen molar-refractivity contribution in [2.75, 3.05) is 27.2 Å². The second-order valence-electron chi connectivity index (χ2n) is 11.8. The summed E-state index contributed by atoms with van der Waals surface area (Å²) >= 11 is 0. The average molecular weight is 673 g/mol. The van der Waals surface area contributed by atoms with Crippen LogP contribution in [0.25, 0.3) is 0 Å². The Morgan fingerprint density at radius 2 is 1.05 bits per heavy atom. The Labute approximate surface area is 264 Å². The lowest BCUT2D eigenvalue weighted by molar-refractivity contribution is -0.698. The maximum absolute atomic E-state index is 2.50. The normalized spacial score (nSPS) is 19.4. The van der Waals surface area contributed by atoms with Crippen molar-refractivity contribution in [3.8, 4) is 0 Å². The fraction of sp³-hybridized carbons (Fsp3) is 0.529. The Hall–Kier alpha value is -1.60. The van der Waals surface area contributed by atoms with Gasteiger partial charge in [0.05, 0.1) is 0 Å². The molecule has 2 aliphatic rings. The summed E-state index contributed by atoms with van der Waals surface area (Å²) in [6, 6.07) is 19.7.